The van der Waals surface area contributed by atoms with Crippen molar-refractivity contribution in [2.24, 2.45) is 11.7 Å². The van der Waals surface area contributed by atoms with Crippen molar-refractivity contribution in [1.29, 1.82) is 0 Å². The van der Waals surface area contributed by atoms with Crippen molar-refractivity contribution in [3.05, 3.63) is 28.2 Å². The number of hydrogen-bond acceptors (Lipinski definition) is 3. The van der Waals surface area contributed by atoms with Crippen LogP contribution in [0.1, 0.15) is 18.4 Å². The third-order valence-electron chi connectivity index (χ3n) is 3.03. The van der Waals surface area contributed by atoms with Gasteiger partial charge in [0.15, 0.2) is 0 Å². The van der Waals surface area contributed by atoms with Crippen molar-refractivity contribution >= 4 is 33.1 Å². The lowest BCUT2D eigenvalue weighted by Gasteiger charge is -2.22. The Labute approximate surface area is 121 Å². The minimum absolute atomic E-state index is 0.387. The number of ether oxygens (including phenoxy) is 2. The summed E-state index contributed by atoms with van der Waals surface area (Å²) in [5.74, 6) is 1.43. The van der Waals surface area contributed by atoms with Gasteiger partial charge in [-0.2, -0.15) is 0 Å². The second-order valence-corrected chi connectivity index (χ2v) is 5.67. The molecule has 0 saturated carbocycles. The standard InChI is InChI=1S/C13H16BrNO2S/c14-12-7-10(1-2-11(12)13(15)18)17-8-9-3-5-16-6-4-9/h1-2,7,9H,3-6,8H2,(H2,15,18). The van der Waals surface area contributed by atoms with Gasteiger partial charge < -0.3 is 15.2 Å². The van der Waals surface area contributed by atoms with E-state index >= 15 is 0 Å². The van der Waals surface area contributed by atoms with Gasteiger partial charge in [-0.15, -0.1) is 0 Å². The third kappa shape index (κ3) is 3.67. The number of benzene rings is 1. The molecule has 1 aromatic rings. The molecule has 2 rings (SSSR count). The van der Waals surface area contributed by atoms with E-state index in [2.05, 4.69) is 15.9 Å². The molecular weight excluding hydrogens is 314 g/mol. The maximum atomic E-state index is 5.79. The van der Waals surface area contributed by atoms with Crippen LogP contribution >= 0.6 is 28.1 Å². The van der Waals surface area contributed by atoms with Crippen LogP contribution in [-0.4, -0.2) is 24.8 Å². The van der Waals surface area contributed by atoms with Gasteiger partial charge >= 0.3 is 0 Å². The molecule has 0 amide bonds. The third-order valence-corrected chi connectivity index (χ3v) is 3.91. The number of hydrogen-bond donors (Lipinski definition) is 1. The number of nitrogens with two attached hydrogens (primary N) is 1. The minimum Gasteiger partial charge on any atom is -0.493 e. The molecule has 0 aliphatic carbocycles. The lowest BCUT2D eigenvalue weighted by atomic mass is 10.0. The van der Waals surface area contributed by atoms with E-state index < -0.39 is 0 Å². The average Bonchev–Trinajstić information content (AvgIpc) is 2.37. The molecule has 1 aromatic carbocycles. The highest BCUT2D eigenvalue weighted by molar-refractivity contribution is 9.10. The molecule has 18 heavy (non-hydrogen) atoms. The van der Waals surface area contributed by atoms with Gasteiger partial charge in [-0.1, -0.05) is 12.2 Å². The topological polar surface area (TPSA) is 44.5 Å². The fourth-order valence-corrected chi connectivity index (χ4v) is 2.79. The summed E-state index contributed by atoms with van der Waals surface area (Å²) in [6, 6.07) is 5.69. The summed E-state index contributed by atoms with van der Waals surface area (Å²) >= 11 is 8.40. The summed E-state index contributed by atoms with van der Waals surface area (Å²) in [7, 11) is 0. The summed E-state index contributed by atoms with van der Waals surface area (Å²) in [4.78, 5) is 0.387. The summed E-state index contributed by atoms with van der Waals surface area (Å²) in [5.41, 5.74) is 6.44. The van der Waals surface area contributed by atoms with Crippen LogP contribution in [0.15, 0.2) is 22.7 Å². The highest BCUT2D eigenvalue weighted by Crippen LogP contribution is 2.24. The van der Waals surface area contributed by atoms with Crippen molar-refractivity contribution in [3.63, 3.8) is 0 Å². The molecule has 0 radical (unpaired) electrons. The molecule has 1 aliphatic heterocycles. The van der Waals surface area contributed by atoms with Gasteiger partial charge in [-0.3, -0.25) is 0 Å². The van der Waals surface area contributed by atoms with Crippen molar-refractivity contribution in [1.82, 2.24) is 0 Å². The van der Waals surface area contributed by atoms with Crippen molar-refractivity contribution in [2.75, 3.05) is 19.8 Å². The molecule has 3 nitrogen and oxygen atoms in total. The molecule has 1 fully saturated rings. The van der Waals surface area contributed by atoms with Crippen LogP contribution in [0.5, 0.6) is 5.75 Å². The van der Waals surface area contributed by atoms with Crippen LogP contribution in [-0.2, 0) is 4.74 Å². The zero-order chi connectivity index (χ0) is 13.0. The van der Waals surface area contributed by atoms with Gasteiger partial charge in [-0.25, -0.2) is 0 Å². The quantitative estimate of drug-likeness (QED) is 0.862. The molecule has 0 bridgehead atoms. The first-order chi connectivity index (χ1) is 8.66. The maximum Gasteiger partial charge on any atom is 0.120 e. The van der Waals surface area contributed by atoms with Crippen LogP contribution in [0.3, 0.4) is 0 Å². The number of halogens is 1. The molecule has 1 aliphatic rings. The highest BCUT2D eigenvalue weighted by atomic mass is 79.9. The Morgan fingerprint density at radius 2 is 2.17 bits per heavy atom. The van der Waals surface area contributed by atoms with Crippen molar-refractivity contribution in [3.8, 4) is 5.75 Å². The van der Waals surface area contributed by atoms with Gasteiger partial charge in [0.1, 0.15) is 10.7 Å². The first-order valence-electron chi connectivity index (χ1n) is 5.96. The summed E-state index contributed by atoms with van der Waals surface area (Å²) in [6.45, 7) is 2.43. The first-order valence-corrected chi connectivity index (χ1v) is 7.17. The second kappa shape index (κ2) is 6.50. The smallest absolute Gasteiger partial charge is 0.120 e. The molecular formula is C13H16BrNO2S. The molecule has 0 aromatic heterocycles. The average molecular weight is 330 g/mol. The lowest BCUT2D eigenvalue weighted by Crippen LogP contribution is -2.21. The van der Waals surface area contributed by atoms with Gasteiger partial charge in [0.05, 0.1) is 6.61 Å². The predicted octanol–water partition coefficient (Wildman–Crippen LogP) is 2.89. The van der Waals surface area contributed by atoms with E-state index in [1.54, 1.807) is 0 Å². The normalized spacial score (nSPS) is 16.5. The zero-order valence-corrected chi connectivity index (χ0v) is 12.4. The summed E-state index contributed by atoms with van der Waals surface area (Å²) < 4.78 is 12.0. The maximum absolute atomic E-state index is 5.79. The van der Waals surface area contributed by atoms with E-state index in [0.717, 1.165) is 48.4 Å². The molecule has 0 spiro atoms. The van der Waals surface area contributed by atoms with E-state index in [0.29, 0.717) is 10.9 Å². The number of rotatable bonds is 4. The molecule has 0 unspecified atom stereocenters. The molecule has 98 valence electrons. The SMILES string of the molecule is NC(=S)c1ccc(OCC2CCOCC2)cc1Br. The molecule has 1 saturated heterocycles. The minimum atomic E-state index is 0.387. The van der Waals surface area contributed by atoms with E-state index in [1.165, 1.54) is 0 Å². The van der Waals surface area contributed by atoms with Crippen molar-refractivity contribution in [2.45, 2.75) is 12.8 Å². The Morgan fingerprint density at radius 3 is 2.78 bits per heavy atom. The van der Waals surface area contributed by atoms with E-state index in [4.69, 9.17) is 27.4 Å². The Balaban J connectivity index is 1.93. The van der Waals surface area contributed by atoms with Crippen LogP contribution in [0.2, 0.25) is 0 Å². The Morgan fingerprint density at radius 1 is 1.44 bits per heavy atom. The van der Waals surface area contributed by atoms with Gasteiger partial charge in [-0.05, 0) is 52.9 Å². The molecule has 1 heterocycles. The van der Waals surface area contributed by atoms with Crippen molar-refractivity contribution < 1.29 is 9.47 Å². The fourth-order valence-electron chi connectivity index (χ4n) is 1.91. The predicted molar refractivity (Wildman–Crippen MR) is 79.1 cm³/mol. The second-order valence-electron chi connectivity index (χ2n) is 4.37. The Kier molecular flexibility index (Phi) is 4.97. The highest BCUT2D eigenvalue weighted by Gasteiger charge is 2.14. The van der Waals surface area contributed by atoms with Crippen LogP contribution in [0, 0.1) is 5.92 Å². The first kappa shape index (κ1) is 13.8. The molecule has 2 N–H and O–H groups in total. The molecule has 5 heteroatoms. The van der Waals surface area contributed by atoms with Crippen LogP contribution in [0.4, 0.5) is 0 Å². The fraction of sp³-hybridized carbons (Fsp3) is 0.462. The zero-order valence-electron chi connectivity index (χ0n) is 10.0. The van der Waals surface area contributed by atoms with Gasteiger partial charge in [0.2, 0.25) is 0 Å². The summed E-state index contributed by atoms with van der Waals surface area (Å²) in [6.07, 6.45) is 2.15. The van der Waals surface area contributed by atoms with Gasteiger partial charge in [0, 0.05) is 23.2 Å². The largest absolute Gasteiger partial charge is 0.493 e. The van der Waals surface area contributed by atoms with Gasteiger partial charge in [0.25, 0.3) is 0 Å². The molecule has 0 atom stereocenters. The lowest BCUT2D eigenvalue weighted by molar-refractivity contribution is 0.0497. The van der Waals surface area contributed by atoms with Crippen LogP contribution < -0.4 is 10.5 Å². The van der Waals surface area contributed by atoms with E-state index in [1.807, 2.05) is 18.2 Å². The Bertz CT molecular complexity index is 433. The Hall–Kier alpha value is -0.650. The summed E-state index contributed by atoms with van der Waals surface area (Å²) in [5, 5.41) is 0. The van der Waals surface area contributed by atoms with E-state index in [9.17, 15) is 0 Å². The number of thiocarbonyl (C=S) groups is 1. The van der Waals surface area contributed by atoms with Crippen LogP contribution in [0.25, 0.3) is 0 Å². The monoisotopic (exact) mass is 329 g/mol. The van der Waals surface area contributed by atoms with E-state index in [-0.39, 0.29) is 0 Å².